The van der Waals surface area contributed by atoms with E-state index in [2.05, 4.69) is 60.2 Å². The maximum Gasteiger partial charge on any atom is 0.0652 e. The lowest BCUT2D eigenvalue weighted by atomic mass is 9.92. The van der Waals surface area contributed by atoms with Crippen LogP contribution in [0, 0.1) is 0 Å². The fourth-order valence-electron chi connectivity index (χ4n) is 2.41. The Balaban J connectivity index is 2.70. The summed E-state index contributed by atoms with van der Waals surface area (Å²) in [5.41, 5.74) is 1.90. The van der Waals surface area contributed by atoms with E-state index in [1.807, 2.05) is 14.1 Å². The van der Waals surface area contributed by atoms with Crippen molar-refractivity contribution >= 4 is 5.69 Å². The van der Waals surface area contributed by atoms with Crippen molar-refractivity contribution in [3.05, 3.63) is 29.8 Å². The normalized spacial score (nSPS) is 14.2. The molecule has 2 N–H and O–H groups in total. The molecule has 4 heteroatoms. The average molecular weight is 293 g/mol. The summed E-state index contributed by atoms with van der Waals surface area (Å²) in [7, 11) is 4.06. The number of rotatable bonds is 9. The zero-order chi connectivity index (χ0) is 15.9. The molecular formula is C17H31N3O. The van der Waals surface area contributed by atoms with Gasteiger partial charge in [-0.3, -0.25) is 0 Å². The molecule has 120 valence electrons. The predicted octanol–water partition coefficient (Wildman–Crippen LogP) is 1.89. The molecule has 0 aliphatic rings. The number of likely N-dealkylation sites (N-methyl/N-ethyl adjacent to an activating group) is 1. The van der Waals surface area contributed by atoms with Crippen molar-refractivity contribution in [2.24, 2.45) is 0 Å². The first kappa shape index (κ1) is 18.0. The van der Waals surface area contributed by atoms with Gasteiger partial charge in [-0.2, -0.15) is 0 Å². The largest absolute Gasteiger partial charge is 0.394 e. The lowest BCUT2D eigenvalue weighted by molar-refractivity contribution is 0.168. The lowest BCUT2D eigenvalue weighted by Gasteiger charge is -2.31. The van der Waals surface area contributed by atoms with Crippen LogP contribution in [0.25, 0.3) is 0 Å². The number of hydrogen-bond acceptors (Lipinski definition) is 4. The quantitative estimate of drug-likeness (QED) is 0.729. The first-order valence-corrected chi connectivity index (χ1v) is 7.83. The molecule has 0 heterocycles. The van der Waals surface area contributed by atoms with Crippen LogP contribution >= 0.6 is 0 Å². The molecule has 4 nitrogen and oxygen atoms in total. The maximum atomic E-state index is 9.81. The van der Waals surface area contributed by atoms with E-state index in [-0.39, 0.29) is 6.61 Å². The lowest BCUT2D eigenvalue weighted by Crippen LogP contribution is -2.46. The highest BCUT2D eigenvalue weighted by molar-refractivity contribution is 5.47. The predicted molar refractivity (Wildman–Crippen MR) is 91.0 cm³/mol. The van der Waals surface area contributed by atoms with Crippen molar-refractivity contribution in [2.75, 3.05) is 51.8 Å². The summed E-state index contributed by atoms with van der Waals surface area (Å²) in [4.78, 5) is 4.45. The van der Waals surface area contributed by atoms with Crippen LogP contribution in [-0.2, 0) is 5.54 Å². The van der Waals surface area contributed by atoms with Crippen LogP contribution in [0.3, 0.4) is 0 Å². The number of hydrogen-bond donors (Lipinski definition) is 2. The summed E-state index contributed by atoms with van der Waals surface area (Å²) in [5.74, 6) is 0. The first-order chi connectivity index (χ1) is 9.96. The second kappa shape index (κ2) is 8.37. The van der Waals surface area contributed by atoms with E-state index in [9.17, 15) is 5.11 Å². The molecular weight excluding hydrogens is 262 g/mol. The van der Waals surface area contributed by atoms with Crippen LogP contribution in [0.4, 0.5) is 5.69 Å². The van der Waals surface area contributed by atoms with Gasteiger partial charge in [0.25, 0.3) is 0 Å². The zero-order valence-electron chi connectivity index (χ0n) is 14.2. The molecule has 1 aromatic carbocycles. The van der Waals surface area contributed by atoms with Gasteiger partial charge < -0.3 is 20.2 Å². The molecule has 0 saturated heterocycles. The minimum Gasteiger partial charge on any atom is -0.394 e. The monoisotopic (exact) mass is 293 g/mol. The van der Waals surface area contributed by atoms with E-state index >= 15 is 0 Å². The third kappa shape index (κ3) is 4.99. The van der Waals surface area contributed by atoms with Crippen LogP contribution < -0.4 is 10.2 Å². The SMILES string of the molecule is CCN(CC)CCNC(C)(CO)c1ccc(N(C)C)cc1. The van der Waals surface area contributed by atoms with Crippen LogP contribution in [0.5, 0.6) is 0 Å². The Kier molecular flexibility index (Phi) is 7.15. The Hall–Kier alpha value is -1.10. The molecule has 0 spiro atoms. The first-order valence-electron chi connectivity index (χ1n) is 7.83. The molecule has 1 aromatic rings. The van der Waals surface area contributed by atoms with Gasteiger partial charge in [0.05, 0.1) is 12.1 Å². The van der Waals surface area contributed by atoms with Crippen molar-refractivity contribution in [1.82, 2.24) is 10.2 Å². The standard InChI is InChI=1S/C17H31N3O/c1-6-20(7-2)13-12-18-17(3,14-21)15-8-10-16(11-9-15)19(4)5/h8-11,18,21H,6-7,12-14H2,1-5H3. The molecule has 0 bridgehead atoms. The fraction of sp³-hybridized carbons (Fsp3) is 0.647. The van der Waals surface area contributed by atoms with E-state index in [0.717, 1.165) is 31.7 Å². The van der Waals surface area contributed by atoms with Crippen molar-refractivity contribution in [1.29, 1.82) is 0 Å². The van der Waals surface area contributed by atoms with Gasteiger partial charge in [0.15, 0.2) is 0 Å². The third-order valence-electron chi connectivity index (χ3n) is 4.17. The van der Waals surface area contributed by atoms with E-state index < -0.39 is 5.54 Å². The molecule has 1 rings (SSSR count). The van der Waals surface area contributed by atoms with Gasteiger partial charge in [0.2, 0.25) is 0 Å². The number of aliphatic hydroxyl groups excluding tert-OH is 1. The van der Waals surface area contributed by atoms with E-state index in [1.54, 1.807) is 0 Å². The van der Waals surface area contributed by atoms with Gasteiger partial charge in [-0.1, -0.05) is 26.0 Å². The zero-order valence-corrected chi connectivity index (χ0v) is 14.2. The number of nitrogens with zero attached hydrogens (tertiary/aromatic N) is 2. The van der Waals surface area contributed by atoms with Crippen molar-refractivity contribution in [2.45, 2.75) is 26.3 Å². The Bertz CT molecular complexity index is 401. The Morgan fingerprint density at radius 1 is 1.10 bits per heavy atom. The summed E-state index contributed by atoms with van der Waals surface area (Å²) < 4.78 is 0. The summed E-state index contributed by atoms with van der Waals surface area (Å²) in [5, 5.41) is 13.3. The van der Waals surface area contributed by atoms with Gasteiger partial charge in [0, 0.05) is 32.9 Å². The molecule has 1 atom stereocenters. The number of benzene rings is 1. The maximum absolute atomic E-state index is 9.81. The highest BCUT2D eigenvalue weighted by atomic mass is 16.3. The molecule has 0 aliphatic carbocycles. The Morgan fingerprint density at radius 2 is 1.67 bits per heavy atom. The van der Waals surface area contributed by atoms with E-state index in [1.165, 1.54) is 5.69 Å². The van der Waals surface area contributed by atoms with E-state index in [4.69, 9.17) is 0 Å². The number of anilines is 1. The topological polar surface area (TPSA) is 38.7 Å². The van der Waals surface area contributed by atoms with Gasteiger partial charge >= 0.3 is 0 Å². The molecule has 21 heavy (non-hydrogen) atoms. The van der Waals surface area contributed by atoms with Crippen LogP contribution in [0.15, 0.2) is 24.3 Å². The van der Waals surface area contributed by atoms with Crippen LogP contribution in [0.1, 0.15) is 26.3 Å². The van der Waals surface area contributed by atoms with Gasteiger partial charge in [-0.05, 0) is 37.7 Å². The molecule has 0 aliphatic heterocycles. The summed E-state index contributed by atoms with van der Waals surface area (Å²) in [6, 6.07) is 8.37. The Morgan fingerprint density at radius 3 is 2.10 bits per heavy atom. The number of nitrogens with one attached hydrogen (secondary N) is 1. The minimum absolute atomic E-state index is 0.0898. The average Bonchev–Trinajstić information content (AvgIpc) is 2.51. The second-order valence-electron chi connectivity index (χ2n) is 5.89. The third-order valence-corrected chi connectivity index (χ3v) is 4.17. The smallest absolute Gasteiger partial charge is 0.0652 e. The summed E-state index contributed by atoms with van der Waals surface area (Å²) >= 11 is 0. The minimum atomic E-state index is -0.391. The van der Waals surface area contributed by atoms with Gasteiger partial charge in [0.1, 0.15) is 0 Å². The van der Waals surface area contributed by atoms with Gasteiger partial charge in [-0.15, -0.1) is 0 Å². The Labute approximate surface area is 129 Å². The highest BCUT2D eigenvalue weighted by Gasteiger charge is 2.25. The molecule has 0 radical (unpaired) electrons. The summed E-state index contributed by atoms with van der Waals surface area (Å²) in [6.07, 6.45) is 0. The summed E-state index contributed by atoms with van der Waals surface area (Å²) in [6.45, 7) is 10.5. The van der Waals surface area contributed by atoms with E-state index in [0.29, 0.717) is 0 Å². The molecule has 0 fully saturated rings. The van der Waals surface area contributed by atoms with Crippen molar-refractivity contribution in [3.8, 4) is 0 Å². The fourth-order valence-corrected chi connectivity index (χ4v) is 2.41. The highest BCUT2D eigenvalue weighted by Crippen LogP contribution is 2.22. The molecule has 1 unspecified atom stereocenters. The number of aliphatic hydroxyl groups is 1. The van der Waals surface area contributed by atoms with Crippen LogP contribution in [-0.4, -0.2) is 56.9 Å². The second-order valence-corrected chi connectivity index (χ2v) is 5.89. The molecule has 0 aromatic heterocycles. The van der Waals surface area contributed by atoms with Crippen LogP contribution in [0.2, 0.25) is 0 Å². The van der Waals surface area contributed by atoms with Gasteiger partial charge in [-0.25, -0.2) is 0 Å². The molecule has 0 saturated carbocycles. The van der Waals surface area contributed by atoms with Crippen molar-refractivity contribution in [3.63, 3.8) is 0 Å². The molecule has 0 amide bonds. The van der Waals surface area contributed by atoms with Crippen molar-refractivity contribution < 1.29 is 5.11 Å².